The number of carbonyl (C=O) groups excluding carboxylic acids is 2. The summed E-state index contributed by atoms with van der Waals surface area (Å²) in [5.74, 6) is 0.447. The van der Waals surface area contributed by atoms with Crippen LogP contribution in [0.25, 0.3) is 0 Å². The van der Waals surface area contributed by atoms with E-state index in [9.17, 15) is 9.59 Å². The van der Waals surface area contributed by atoms with Crippen molar-refractivity contribution in [2.75, 3.05) is 19.4 Å². The van der Waals surface area contributed by atoms with Crippen molar-refractivity contribution in [3.63, 3.8) is 0 Å². The molecule has 7 nitrogen and oxygen atoms in total. The Morgan fingerprint density at radius 1 is 1.38 bits per heavy atom. The van der Waals surface area contributed by atoms with Crippen molar-refractivity contribution in [1.82, 2.24) is 19.8 Å². The third-order valence-electron chi connectivity index (χ3n) is 3.75. The van der Waals surface area contributed by atoms with E-state index in [0.29, 0.717) is 24.5 Å². The van der Waals surface area contributed by atoms with Gasteiger partial charge in [0.15, 0.2) is 0 Å². The highest BCUT2D eigenvalue weighted by Crippen LogP contribution is 2.24. The molecular weight excluding hydrogens is 374 g/mol. The lowest BCUT2D eigenvalue weighted by Crippen LogP contribution is -2.35. The number of halogens is 1. The van der Waals surface area contributed by atoms with Gasteiger partial charge in [-0.25, -0.2) is 14.8 Å². The summed E-state index contributed by atoms with van der Waals surface area (Å²) in [6.45, 7) is 0.793. The molecule has 8 heteroatoms. The van der Waals surface area contributed by atoms with Crippen molar-refractivity contribution in [1.29, 1.82) is 0 Å². The number of nitrogens with zero attached hydrogens (tertiary/aromatic N) is 4. The first-order valence-electron chi connectivity index (χ1n) is 7.31. The maximum atomic E-state index is 12.6. The van der Waals surface area contributed by atoms with Crippen molar-refractivity contribution in [3.8, 4) is 0 Å². The number of rotatable bonds is 3. The molecule has 1 N–H and O–H groups in total. The highest BCUT2D eigenvalue weighted by Gasteiger charge is 2.21. The summed E-state index contributed by atoms with van der Waals surface area (Å²) in [6, 6.07) is 5.14. The number of fused-ring (bicyclic) bond motifs is 1. The van der Waals surface area contributed by atoms with Gasteiger partial charge in [0.25, 0.3) is 5.91 Å². The Hall–Kier alpha value is -2.48. The molecule has 0 fully saturated rings. The van der Waals surface area contributed by atoms with Crippen LogP contribution in [-0.2, 0) is 13.1 Å². The van der Waals surface area contributed by atoms with E-state index in [-0.39, 0.29) is 11.9 Å². The number of benzene rings is 1. The van der Waals surface area contributed by atoms with Gasteiger partial charge < -0.3 is 15.1 Å². The van der Waals surface area contributed by atoms with Crippen molar-refractivity contribution < 1.29 is 9.59 Å². The molecular formula is C16H16BrN5O2. The van der Waals surface area contributed by atoms with Gasteiger partial charge in [-0.15, -0.1) is 0 Å². The molecule has 3 amide bonds. The number of hydrogen-bond donors (Lipinski definition) is 1. The average molecular weight is 390 g/mol. The smallest absolute Gasteiger partial charge is 0.321 e. The molecule has 1 aliphatic rings. The summed E-state index contributed by atoms with van der Waals surface area (Å²) in [5, 5.41) is 2.79. The second kappa shape index (κ2) is 6.56. The number of carbonyl (C=O) groups is 2. The maximum absolute atomic E-state index is 12.6. The highest BCUT2D eigenvalue weighted by atomic mass is 79.9. The standard InChI is InChI=1S/C16H16BrN5O2/c1-21(9-14-18-6-12(17)7-19-14)15(23)10-3-4-13-11(5-10)8-22(2)16(24)20-13/h3-7H,8-9H2,1-2H3,(H,20,24). The molecule has 0 bridgehead atoms. The first kappa shape index (κ1) is 16.4. The Kier molecular flexibility index (Phi) is 4.48. The summed E-state index contributed by atoms with van der Waals surface area (Å²) in [5.41, 5.74) is 2.22. The van der Waals surface area contributed by atoms with Gasteiger partial charge in [0.1, 0.15) is 5.82 Å². The number of hydrogen-bond acceptors (Lipinski definition) is 4. The Morgan fingerprint density at radius 2 is 2.08 bits per heavy atom. The van der Waals surface area contributed by atoms with Gasteiger partial charge in [-0.2, -0.15) is 0 Å². The van der Waals surface area contributed by atoms with Crippen LogP contribution in [0.5, 0.6) is 0 Å². The molecule has 1 aromatic carbocycles. The molecule has 1 aliphatic heterocycles. The van der Waals surface area contributed by atoms with E-state index in [1.807, 2.05) is 6.07 Å². The zero-order valence-electron chi connectivity index (χ0n) is 13.3. The highest BCUT2D eigenvalue weighted by molar-refractivity contribution is 9.10. The lowest BCUT2D eigenvalue weighted by atomic mass is 10.1. The Morgan fingerprint density at radius 3 is 2.79 bits per heavy atom. The quantitative estimate of drug-likeness (QED) is 0.874. The minimum atomic E-state index is -0.147. The lowest BCUT2D eigenvalue weighted by Gasteiger charge is -2.26. The molecule has 0 atom stereocenters. The topological polar surface area (TPSA) is 78.4 Å². The fraction of sp³-hybridized carbons (Fsp3) is 0.250. The molecule has 124 valence electrons. The molecule has 0 unspecified atom stereocenters. The predicted octanol–water partition coefficient (Wildman–Crippen LogP) is 2.49. The Balaban J connectivity index is 1.76. The van der Waals surface area contributed by atoms with Crippen LogP contribution in [0.15, 0.2) is 35.1 Å². The summed E-state index contributed by atoms with van der Waals surface area (Å²) in [7, 11) is 3.42. The number of amides is 3. The predicted molar refractivity (Wildman–Crippen MR) is 92.5 cm³/mol. The van der Waals surface area contributed by atoms with Gasteiger partial charge in [0, 0.05) is 44.3 Å². The normalized spacial score (nSPS) is 13.3. The number of nitrogens with one attached hydrogen (secondary N) is 1. The van der Waals surface area contributed by atoms with Crippen LogP contribution < -0.4 is 5.32 Å². The van der Waals surface area contributed by atoms with Crippen molar-refractivity contribution in [2.45, 2.75) is 13.1 Å². The van der Waals surface area contributed by atoms with Crippen molar-refractivity contribution in [3.05, 3.63) is 52.0 Å². The number of anilines is 1. The zero-order chi connectivity index (χ0) is 17.3. The Labute approximate surface area is 147 Å². The van der Waals surface area contributed by atoms with Gasteiger partial charge >= 0.3 is 6.03 Å². The molecule has 0 saturated heterocycles. The summed E-state index contributed by atoms with van der Waals surface area (Å²) in [4.78, 5) is 35.7. The molecule has 2 heterocycles. The first-order chi connectivity index (χ1) is 11.4. The monoisotopic (exact) mass is 389 g/mol. The van der Waals surface area contributed by atoms with E-state index in [1.165, 1.54) is 0 Å². The third kappa shape index (κ3) is 3.38. The summed E-state index contributed by atoms with van der Waals surface area (Å²) < 4.78 is 0.793. The summed E-state index contributed by atoms with van der Waals surface area (Å²) >= 11 is 3.28. The fourth-order valence-electron chi connectivity index (χ4n) is 2.44. The van der Waals surface area contributed by atoms with E-state index < -0.39 is 0 Å². The minimum absolute atomic E-state index is 0.121. The van der Waals surface area contributed by atoms with Gasteiger partial charge in [-0.05, 0) is 39.7 Å². The van der Waals surface area contributed by atoms with Gasteiger partial charge in [-0.3, -0.25) is 4.79 Å². The maximum Gasteiger partial charge on any atom is 0.321 e. The van der Waals surface area contributed by atoms with Gasteiger partial charge in [0.2, 0.25) is 0 Å². The van der Waals surface area contributed by atoms with Gasteiger partial charge in [0.05, 0.1) is 11.0 Å². The minimum Gasteiger partial charge on any atom is -0.334 e. The molecule has 0 spiro atoms. The van der Waals surface area contributed by atoms with E-state index in [4.69, 9.17) is 0 Å². The Bertz CT molecular complexity index is 794. The van der Waals surface area contributed by atoms with Crippen LogP contribution in [0.1, 0.15) is 21.7 Å². The summed E-state index contributed by atoms with van der Waals surface area (Å²) in [6.07, 6.45) is 3.30. The SMILES string of the molecule is CN1Cc2cc(C(=O)N(C)Cc3ncc(Br)cn3)ccc2NC1=O. The fourth-order valence-corrected chi connectivity index (χ4v) is 2.65. The van der Waals surface area contributed by atoms with Crippen LogP contribution >= 0.6 is 15.9 Å². The van der Waals surface area contributed by atoms with E-state index >= 15 is 0 Å². The number of aromatic nitrogens is 2. The van der Waals surface area contributed by atoms with Gasteiger partial charge in [-0.1, -0.05) is 0 Å². The first-order valence-corrected chi connectivity index (χ1v) is 8.10. The molecule has 0 radical (unpaired) electrons. The van der Waals surface area contributed by atoms with Crippen LogP contribution in [-0.4, -0.2) is 45.8 Å². The molecule has 0 aliphatic carbocycles. The van der Waals surface area contributed by atoms with Crippen LogP contribution in [0.3, 0.4) is 0 Å². The second-order valence-electron chi connectivity index (χ2n) is 5.64. The second-order valence-corrected chi connectivity index (χ2v) is 6.55. The average Bonchev–Trinajstić information content (AvgIpc) is 2.57. The zero-order valence-corrected chi connectivity index (χ0v) is 14.9. The molecule has 0 saturated carbocycles. The molecule has 1 aromatic heterocycles. The van der Waals surface area contributed by atoms with Crippen molar-refractivity contribution in [2.24, 2.45) is 0 Å². The molecule has 3 rings (SSSR count). The largest absolute Gasteiger partial charge is 0.334 e. The lowest BCUT2D eigenvalue weighted by molar-refractivity contribution is 0.0781. The van der Waals surface area contributed by atoms with E-state index in [0.717, 1.165) is 15.7 Å². The molecule has 24 heavy (non-hydrogen) atoms. The number of urea groups is 1. The van der Waals surface area contributed by atoms with E-state index in [2.05, 4.69) is 31.2 Å². The molecule has 2 aromatic rings. The van der Waals surface area contributed by atoms with Crippen LogP contribution in [0.2, 0.25) is 0 Å². The van der Waals surface area contributed by atoms with Crippen molar-refractivity contribution >= 4 is 33.6 Å². The van der Waals surface area contributed by atoms with E-state index in [1.54, 1.807) is 48.4 Å². The van der Waals surface area contributed by atoms with Crippen LogP contribution in [0, 0.1) is 0 Å². The van der Waals surface area contributed by atoms with Crippen LogP contribution in [0.4, 0.5) is 10.5 Å². The third-order valence-corrected chi connectivity index (χ3v) is 4.16.